The van der Waals surface area contributed by atoms with Gasteiger partial charge in [0.15, 0.2) is 0 Å². The van der Waals surface area contributed by atoms with Gasteiger partial charge in [-0.15, -0.1) is 0 Å². The van der Waals surface area contributed by atoms with Crippen molar-refractivity contribution in [2.75, 3.05) is 47.5 Å². The molecule has 0 radical (unpaired) electrons. The van der Waals surface area contributed by atoms with Crippen LogP contribution in [0.1, 0.15) is 40.0 Å². The van der Waals surface area contributed by atoms with Gasteiger partial charge in [0.25, 0.3) is 0 Å². The molecule has 3 rings (SSSR count). The highest BCUT2D eigenvalue weighted by Crippen LogP contribution is 2.24. The lowest BCUT2D eigenvalue weighted by atomic mass is 9.95. The molecule has 0 spiro atoms. The Labute approximate surface area is 167 Å². The molecule has 0 bridgehead atoms. The van der Waals surface area contributed by atoms with E-state index in [1.807, 2.05) is 24.2 Å². The summed E-state index contributed by atoms with van der Waals surface area (Å²) in [6, 6.07) is 0.254. The van der Waals surface area contributed by atoms with Gasteiger partial charge in [-0.25, -0.2) is 9.97 Å². The summed E-state index contributed by atoms with van der Waals surface area (Å²) in [7, 11) is 0. The highest BCUT2D eigenvalue weighted by molar-refractivity contribution is 7.99. The van der Waals surface area contributed by atoms with Crippen LogP contribution in [0.5, 0.6) is 0 Å². The number of amides is 1. The maximum Gasteiger partial charge on any atom is 0.225 e. The normalized spacial score (nSPS) is 20.0. The van der Waals surface area contributed by atoms with Crippen LogP contribution in [0.2, 0.25) is 0 Å². The standard InChI is InChI=1S/C20H33N5OS/c1-15(2)12-16(3)23-19(26)17-4-6-24(7-5-17)18-13-21-20(22-14-18)25-8-10-27-11-9-25/h13-17H,4-12H2,1-3H3,(H,23,26). The van der Waals surface area contributed by atoms with Crippen molar-refractivity contribution in [3.63, 3.8) is 0 Å². The Balaban J connectivity index is 1.48. The fourth-order valence-corrected chi connectivity index (χ4v) is 4.83. The van der Waals surface area contributed by atoms with Crippen LogP contribution in [0.4, 0.5) is 11.6 Å². The van der Waals surface area contributed by atoms with E-state index < -0.39 is 0 Å². The maximum atomic E-state index is 12.5. The first-order valence-corrected chi connectivity index (χ1v) is 11.4. The number of thioether (sulfide) groups is 1. The van der Waals surface area contributed by atoms with Crippen molar-refractivity contribution >= 4 is 29.3 Å². The summed E-state index contributed by atoms with van der Waals surface area (Å²) < 4.78 is 0. The summed E-state index contributed by atoms with van der Waals surface area (Å²) in [6.07, 6.45) is 6.70. The van der Waals surface area contributed by atoms with E-state index in [0.29, 0.717) is 5.92 Å². The third-order valence-electron chi connectivity index (χ3n) is 5.36. The highest BCUT2D eigenvalue weighted by atomic mass is 32.2. The van der Waals surface area contributed by atoms with Gasteiger partial charge in [0.2, 0.25) is 11.9 Å². The molecular weight excluding hydrogens is 358 g/mol. The van der Waals surface area contributed by atoms with Gasteiger partial charge in [0, 0.05) is 49.6 Å². The number of hydrogen-bond acceptors (Lipinski definition) is 6. The van der Waals surface area contributed by atoms with Crippen molar-refractivity contribution in [1.82, 2.24) is 15.3 Å². The molecule has 3 heterocycles. The van der Waals surface area contributed by atoms with Gasteiger partial charge in [0.1, 0.15) is 0 Å². The number of carbonyl (C=O) groups is 1. The van der Waals surface area contributed by atoms with E-state index in [2.05, 4.69) is 45.9 Å². The second-order valence-corrected chi connectivity index (χ2v) is 9.37. The van der Waals surface area contributed by atoms with Gasteiger partial charge in [-0.1, -0.05) is 13.8 Å². The van der Waals surface area contributed by atoms with E-state index in [-0.39, 0.29) is 17.9 Å². The molecule has 150 valence electrons. The maximum absolute atomic E-state index is 12.5. The van der Waals surface area contributed by atoms with E-state index in [1.54, 1.807) is 0 Å². The molecule has 2 fully saturated rings. The second kappa shape index (κ2) is 9.62. The molecule has 1 amide bonds. The first kappa shape index (κ1) is 20.2. The zero-order valence-electron chi connectivity index (χ0n) is 16.9. The summed E-state index contributed by atoms with van der Waals surface area (Å²) in [5, 5.41) is 3.19. The minimum Gasteiger partial charge on any atom is -0.369 e. The number of piperidine rings is 1. The lowest BCUT2D eigenvalue weighted by molar-refractivity contribution is -0.126. The molecule has 27 heavy (non-hydrogen) atoms. The third-order valence-corrected chi connectivity index (χ3v) is 6.31. The van der Waals surface area contributed by atoms with E-state index in [0.717, 1.165) is 68.6 Å². The summed E-state index contributed by atoms with van der Waals surface area (Å²) in [4.78, 5) is 26.2. The molecule has 7 heteroatoms. The Morgan fingerprint density at radius 2 is 1.74 bits per heavy atom. The molecule has 1 aromatic heterocycles. The van der Waals surface area contributed by atoms with Crippen molar-refractivity contribution in [1.29, 1.82) is 0 Å². The molecule has 1 unspecified atom stereocenters. The Morgan fingerprint density at radius 1 is 1.11 bits per heavy atom. The van der Waals surface area contributed by atoms with E-state index >= 15 is 0 Å². The number of rotatable bonds is 6. The number of carbonyl (C=O) groups excluding carboxylic acids is 1. The fourth-order valence-electron chi connectivity index (χ4n) is 3.93. The van der Waals surface area contributed by atoms with E-state index in [4.69, 9.17) is 0 Å². The van der Waals surface area contributed by atoms with Crippen LogP contribution in [-0.2, 0) is 4.79 Å². The zero-order valence-corrected chi connectivity index (χ0v) is 17.7. The van der Waals surface area contributed by atoms with E-state index in [1.165, 1.54) is 0 Å². The van der Waals surface area contributed by atoms with Crippen LogP contribution >= 0.6 is 11.8 Å². The van der Waals surface area contributed by atoms with Gasteiger partial charge in [0.05, 0.1) is 18.1 Å². The molecule has 2 aliphatic rings. The predicted molar refractivity (Wildman–Crippen MR) is 114 cm³/mol. The van der Waals surface area contributed by atoms with Crippen LogP contribution in [0.25, 0.3) is 0 Å². The Morgan fingerprint density at radius 3 is 2.33 bits per heavy atom. The minimum atomic E-state index is 0.127. The smallest absolute Gasteiger partial charge is 0.225 e. The second-order valence-electron chi connectivity index (χ2n) is 8.14. The average molecular weight is 392 g/mol. The predicted octanol–water partition coefficient (Wildman–Crippen LogP) is 2.80. The first-order chi connectivity index (χ1) is 13.0. The van der Waals surface area contributed by atoms with Gasteiger partial charge in [-0.2, -0.15) is 11.8 Å². The van der Waals surface area contributed by atoms with Crippen molar-refractivity contribution < 1.29 is 4.79 Å². The largest absolute Gasteiger partial charge is 0.369 e. The van der Waals surface area contributed by atoms with Gasteiger partial charge >= 0.3 is 0 Å². The summed E-state index contributed by atoms with van der Waals surface area (Å²) >= 11 is 1.99. The number of nitrogens with one attached hydrogen (secondary N) is 1. The minimum absolute atomic E-state index is 0.127. The zero-order chi connectivity index (χ0) is 19.2. The SMILES string of the molecule is CC(C)CC(C)NC(=O)C1CCN(c2cnc(N3CCSCC3)nc2)CC1. The van der Waals surface area contributed by atoms with Crippen LogP contribution in [0.3, 0.4) is 0 Å². The lowest BCUT2D eigenvalue weighted by Gasteiger charge is -2.33. The molecule has 6 nitrogen and oxygen atoms in total. The summed E-state index contributed by atoms with van der Waals surface area (Å²) in [6.45, 7) is 10.3. The van der Waals surface area contributed by atoms with Crippen molar-refractivity contribution in [3.05, 3.63) is 12.4 Å². The number of hydrogen-bond donors (Lipinski definition) is 1. The monoisotopic (exact) mass is 391 g/mol. The van der Waals surface area contributed by atoms with Crippen LogP contribution in [0.15, 0.2) is 12.4 Å². The highest BCUT2D eigenvalue weighted by Gasteiger charge is 2.26. The Kier molecular flexibility index (Phi) is 7.21. The molecule has 1 atom stereocenters. The first-order valence-electron chi connectivity index (χ1n) is 10.2. The van der Waals surface area contributed by atoms with Crippen molar-refractivity contribution in [2.45, 2.75) is 46.1 Å². The van der Waals surface area contributed by atoms with Crippen molar-refractivity contribution in [2.24, 2.45) is 11.8 Å². The number of anilines is 2. The molecular formula is C20H33N5OS. The molecule has 1 aromatic rings. The van der Waals surface area contributed by atoms with Crippen LogP contribution in [0, 0.1) is 11.8 Å². The summed E-state index contributed by atoms with van der Waals surface area (Å²) in [5.41, 5.74) is 1.07. The molecule has 0 aliphatic carbocycles. The molecule has 0 saturated carbocycles. The molecule has 2 aliphatic heterocycles. The van der Waals surface area contributed by atoms with Gasteiger partial charge in [-0.3, -0.25) is 4.79 Å². The average Bonchev–Trinajstić information content (AvgIpc) is 2.68. The van der Waals surface area contributed by atoms with Gasteiger partial charge < -0.3 is 15.1 Å². The van der Waals surface area contributed by atoms with Crippen LogP contribution < -0.4 is 15.1 Å². The van der Waals surface area contributed by atoms with Crippen LogP contribution in [-0.4, -0.2) is 59.6 Å². The Hall–Kier alpha value is -1.50. The third kappa shape index (κ3) is 5.74. The topological polar surface area (TPSA) is 61.4 Å². The molecule has 1 N–H and O–H groups in total. The molecule has 2 saturated heterocycles. The fraction of sp³-hybridized carbons (Fsp3) is 0.750. The quantitative estimate of drug-likeness (QED) is 0.805. The van der Waals surface area contributed by atoms with Crippen molar-refractivity contribution in [3.8, 4) is 0 Å². The lowest BCUT2D eigenvalue weighted by Crippen LogP contribution is -2.43. The number of aromatic nitrogens is 2. The van der Waals surface area contributed by atoms with Gasteiger partial charge in [-0.05, 0) is 32.1 Å². The number of nitrogens with zero attached hydrogens (tertiary/aromatic N) is 4. The Bertz CT molecular complexity index is 595. The summed E-state index contributed by atoms with van der Waals surface area (Å²) in [5.74, 6) is 4.09. The van der Waals surface area contributed by atoms with E-state index in [9.17, 15) is 4.79 Å². The molecule has 0 aromatic carbocycles.